The van der Waals surface area contributed by atoms with E-state index in [4.69, 9.17) is 20.8 Å². The van der Waals surface area contributed by atoms with Gasteiger partial charge in [0.25, 0.3) is 0 Å². The molecule has 1 unspecified atom stereocenters. The number of nitrogens with zero attached hydrogens (tertiary/aromatic N) is 2. The van der Waals surface area contributed by atoms with Crippen molar-refractivity contribution in [3.63, 3.8) is 0 Å². The lowest BCUT2D eigenvalue weighted by Crippen LogP contribution is -2.14. The molecular weight excluding hydrogens is 424 g/mol. The van der Waals surface area contributed by atoms with Gasteiger partial charge in [0.2, 0.25) is 0 Å². The molecule has 0 saturated heterocycles. The molecule has 0 N–H and O–H groups in total. The predicted octanol–water partition coefficient (Wildman–Crippen LogP) is 6.13. The number of ether oxygens (including phenoxy) is 1. The minimum Gasteiger partial charge on any atom is -0.484 e. The van der Waals surface area contributed by atoms with E-state index in [-0.39, 0.29) is 6.10 Å². The zero-order chi connectivity index (χ0) is 21.9. The van der Waals surface area contributed by atoms with Gasteiger partial charge < -0.3 is 13.7 Å². The number of aromatic nitrogens is 2. The number of benzene rings is 3. The molecule has 32 heavy (non-hydrogen) atoms. The van der Waals surface area contributed by atoms with E-state index in [0.717, 1.165) is 22.1 Å². The van der Waals surface area contributed by atoms with Gasteiger partial charge in [-0.3, -0.25) is 0 Å². The zero-order valence-electron chi connectivity index (χ0n) is 17.0. The number of fused-ring (bicyclic) bond motifs is 1. The zero-order valence-corrected chi connectivity index (χ0v) is 17.8. The Hall–Kier alpha value is -3.83. The lowest BCUT2D eigenvalue weighted by atomic mass is 10.0. The number of hydrogen-bond donors (Lipinski definition) is 0. The van der Waals surface area contributed by atoms with Crippen LogP contribution in [-0.2, 0) is 6.54 Å². The van der Waals surface area contributed by atoms with Gasteiger partial charge in [0.1, 0.15) is 17.4 Å². The maximum absolute atomic E-state index is 12.3. The van der Waals surface area contributed by atoms with Gasteiger partial charge in [-0.15, -0.1) is 0 Å². The van der Waals surface area contributed by atoms with E-state index in [2.05, 4.69) is 4.98 Å². The van der Waals surface area contributed by atoms with Crippen LogP contribution < -0.4 is 10.4 Å². The van der Waals surface area contributed by atoms with Crippen LogP contribution in [0.15, 0.2) is 107 Å². The van der Waals surface area contributed by atoms with E-state index >= 15 is 0 Å². The fourth-order valence-corrected chi connectivity index (χ4v) is 3.93. The summed E-state index contributed by atoms with van der Waals surface area (Å²) in [5.41, 5.74) is 2.69. The highest BCUT2D eigenvalue weighted by Crippen LogP contribution is 2.32. The first-order valence-electron chi connectivity index (χ1n) is 10.2. The summed E-state index contributed by atoms with van der Waals surface area (Å²) in [6.07, 6.45) is 5.15. The van der Waals surface area contributed by atoms with Gasteiger partial charge in [-0.2, -0.15) is 0 Å². The first-order valence-corrected chi connectivity index (χ1v) is 10.5. The van der Waals surface area contributed by atoms with Crippen molar-refractivity contribution in [3.8, 4) is 16.9 Å². The van der Waals surface area contributed by atoms with Crippen molar-refractivity contribution in [1.29, 1.82) is 0 Å². The molecule has 0 radical (unpaired) electrons. The van der Waals surface area contributed by atoms with E-state index in [1.165, 1.54) is 6.07 Å². The SMILES string of the molecule is O=c1cc(-c2cccc(Cl)c2)c2ccc(OC(Cn3ccnc3)c3ccccc3)cc2o1. The molecule has 1 atom stereocenters. The second-order valence-corrected chi connectivity index (χ2v) is 7.86. The first-order chi connectivity index (χ1) is 15.7. The van der Waals surface area contributed by atoms with Gasteiger partial charge in [-0.05, 0) is 41.0 Å². The van der Waals surface area contributed by atoms with Gasteiger partial charge >= 0.3 is 5.63 Å². The molecule has 0 aliphatic heterocycles. The summed E-state index contributed by atoms with van der Waals surface area (Å²) >= 11 is 6.16. The van der Waals surface area contributed by atoms with Crippen LogP contribution in [0.25, 0.3) is 22.1 Å². The molecule has 0 amide bonds. The predicted molar refractivity (Wildman–Crippen MR) is 125 cm³/mol. The maximum Gasteiger partial charge on any atom is 0.336 e. The third kappa shape index (κ3) is 4.29. The standard InChI is InChI=1S/C26H19ClN2O3/c27-20-8-4-7-19(13-20)23-15-26(30)32-24-14-21(9-10-22(23)24)31-25(16-29-12-11-28-17-29)18-5-2-1-3-6-18/h1-15,17,25H,16H2. The lowest BCUT2D eigenvalue weighted by Gasteiger charge is -2.20. The summed E-state index contributed by atoms with van der Waals surface area (Å²) in [6, 6.07) is 24.4. The molecule has 6 heteroatoms. The van der Waals surface area contributed by atoms with Crippen LogP contribution in [0.5, 0.6) is 5.75 Å². The van der Waals surface area contributed by atoms with Gasteiger partial charge in [-0.25, -0.2) is 9.78 Å². The molecule has 0 spiro atoms. The molecule has 5 rings (SSSR count). The quantitative estimate of drug-likeness (QED) is 0.297. The number of imidazole rings is 1. The van der Waals surface area contributed by atoms with Crippen molar-refractivity contribution in [2.75, 3.05) is 0 Å². The van der Waals surface area contributed by atoms with Crippen molar-refractivity contribution < 1.29 is 9.15 Å². The molecule has 0 aliphatic rings. The highest BCUT2D eigenvalue weighted by atomic mass is 35.5. The van der Waals surface area contributed by atoms with Gasteiger partial charge in [0.15, 0.2) is 0 Å². The highest BCUT2D eigenvalue weighted by molar-refractivity contribution is 6.30. The summed E-state index contributed by atoms with van der Waals surface area (Å²) < 4.78 is 13.8. The largest absolute Gasteiger partial charge is 0.484 e. The number of rotatable bonds is 6. The van der Waals surface area contributed by atoms with Crippen molar-refractivity contribution >= 4 is 22.6 Å². The van der Waals surface area contributed by atoms with Crippen LogP contribution >= 0.6 is 11.6 Å². The molecule has 0 aliphatic carbocycles. The van der Waals surface area contributed by atoms with Crippen molar-refractivity contribution in [2.45, 2.75) is 12.6 Å². The second kappa shape index (κ2) is 8.73. The molecule has 2 heterocycles. The molecular formula is C26H19ClN2O3. The average Bonchev–Trinajstić information content (AvgIpc) is 3.32. The van der Waals surface area contributed by atoms with Gasteiger partial charge in [0, 0.05) is 34.9 Å². The molecule has 0 fully saturated rings. The lowest BCUT2D eigenvalue weighted by molar-refractivity contribution is 0.183. The molecule has 0 bridgehead atoms. The average molecular weight is 443 g/mol. The summed E-state index contributed by atoms with van der Waals surface area (Å²) in [4.78, 5) is 16.4. The third-order valence-electron chi connectivity index (χ3n) is 5.24. The minimum absolute atomic E-state index is 0.245. The molecule has 5 nitrogen and oxygen atoms in total. The molecule has 3 aromatic carbocycles. The van der Waals surface area contributed by atoms with Crippen LogP contribution in [0.2, 0.25) is 5.02 Å². The van der Waals surface area contributed by atoms with Crippen molar-refractivity contribution in [1.82, 2.24) is 9.55 Å². The molecule has 2 aromatic heterocycles. The van der Waals surface area contributed by atoms with Crippen LogP contribution in [0.1, 0.15) is 11.7 Å². The Kier molecular flexibility index (Phi) is 5.48. The Morgan fingerprint density at radius 2 is 1.88 bits per heavy atom. The summed E-state index contributed by atoms with van der Waals surface area (Å²) in [5.74, 6) is 0.609. The number of halogens is 1. The van der Waals surface area contributed by atoms with E-state index in [1.807, 2.05) is 71.4 Å². The van der Waals surface area contributed by atoms with Crippen LogP contribution in [0, 0.1) is 0 Å². The number of hydrogen-bond acceptors (Lipinski definition) is 4. The van der Waals surface area contributed by atoms with Crippen LogP contribution in [-0.4, -0.2) is 9.55 Å². The molecule has 5 aromatic rings. The molecule has 0 saturated carbocycles. The fourth-order valence-electron chi connectivity index (χ4n) is 3.74. The second-order valence-electron chi connectivity index (χ2n) is 7.42. The normalized spacial score (nSPS) is 12.0. The smallest absolute Gasteiger partial charge is 0.336 e. The Labute approximate surface area is 189 Å². The first kappa shape index (κ1) is 20.1. The Balaban J connectivity index is 1.53. The topological polar surface area (TPSA) is 57.3 Å². The van der Waals surface area contributed by atoms with Gasteiger partial charge in [0.05, 0.1) is 12.9 Å². The summed E-state index contributed by atoms with van der Waals surface area (Å²) in [7, 11) is 0. The maximum atomic E-state index is 12.3. The van der Waals surface area contributed by atoms with Crippen LogP contribution in [0.4, 0.5) is 0 Å². The summed E-state index contributed by atoms with van der Waals surface area (Å²) in [5, 5.41) is 1.42. The highest BCUT2D eigenvalue weighted by Gasteiger charge is 2.16. The minimum atomic E-state index is -0.428. The van der Waals surface area contributed by atoms with E-state index in [1.54, 1.807) is 24.7 Å². The van der Waals surface area contributed by atoms with Crippen molar-refractivity contribution in [2.24, 2.45) is 0 Å². The van der Waals surface area contributed by atoms with E-state index in [9.17, 15) is 4.79 Å². The van der Waals surface area contributed by atoms with Gasteiger partial charge in [-0.1, -0.05) is 54.1 Å². The Morgan fingerprint density at radius 1 is 1.00 bits per heavy atom. The van der Waals surface area contributed by atoms with E-state index < -0.39 is 5.63 Å². The Bertz CT molecular complexity index is 1410. The van der Waals surface area contributed by atoms with Crippen LogP contribution in [0.3, 0.4) is 0 Å². The Morgan fingerprint density at radius 3 is 2.66 bits per heavy atom. The third-order valence-corrected chi connectivity index (χ3v) is 5.47. The monoisotopic (exact) mass is 442 g/mol. The van der Waals surface area contributed by atoms with Crippen molar-refractivity contribution in [3.05, 3.63) is 119 Å². The molecule has 158 valence electrons. The fraction of sp³-hybridized carbons (Fsp3) is 0.0769. The van der Waals surface area contributed by atoms with E-state index in [0.29, 0.717) is 22.9 Å². The summed E-state index contributed by atoms with van der Waals surface area (Å²) in [6.45, 7) is 0.592.